The highest BCUT2D eigenvalue weighted by Crippen LogP contribution is 2.30. The van der Waals surface area contributed by atoms with Gasteiger partial charge in [-0.3, -0.25) is 0 Å². The number of aryl methyl sites for hydroxylation is 3. The Labute approximate surface area is 200 Å². The number of hydrogen-bond donors (Lipinski definition) is 0. The average molecular weight is 475 g/mol. The third kappa shape index (κ3) is 6.74. The van der Waals surface area contributed by atoms with Crippen molar-refractivity contribution in [2.45, 2.75) is 65.2 Å². The Balaban J connectivity index is 1.53. The van der Waals surface area contributed by atoms with Crippen molar-refractivity contribution in [1.82, 2.24) is 0 Å². The van der Waals surface area contributed by atoms with Gasteiger partial charge >= 0.3 is 0 Å². The van der Waals surface area contributed by atoms with Gasteiger partial charge < -0.3 is 4.74 Å². The first-order valence-electron chi connectivity index (χ1n) is 12.3. The molecule has 1 saturated carbocycles. The van der Waals surface area contributed by atoms with E-state index in [9.17, 15) is 17.6 Å². The summed E-state index contributed by atoms with van der Waals surface area (Å²) in [7, 11) is 0. The van der Waals surface area contributed by atoms with Gasteiger partial charge in [0.2, 0.25) is 5.82 Å². The summed E-state index contributed by atoms with van der Waals surface area (Å²) in [6, 6.07) is 5.92. The first-order chi connectivity index (χ1) is 16.4. The Bertz CT molecular complexity index is 1000. The maximum atomic E-state index is 14.6. The number of halogens is 4. The molecule has 34 heavy (non-hydrogen) atoms. The fourth-order valence-electron chi connectivity index (χ4n) is 4.65. The minimum absolute atomic E-state index is 0.0594. The second kappa shape index (κ2) is 12.8. The van der Waals surface area contributed by atoms with Crippen molar-refractivity contribution in [1.29, 1.82) is 0 Å². The van der Waals surface area contributed by atoms with Crippen LogP contribution in [0.3, 0.4) is 0 Å². The fourth-order valence-corrected chi connectivity index (χ4v) is 4.65. The lowest BCUT2D eigenvalue weighted by Crippen LogP contribution is -2.11. The van der Waals surface area contributed by atoms with E-state index >= 15 is 0 Å². The van der Waals surface area contributed by atoms with Crippen molar-refractivity contribution < 1.29 is 22.3 Å². The predicted molar refractivity (Wildman–Crippen MR) is 129 cm³/mol. The molecule has 0 aromatic heterocycles. The molecule has 0 unspecified atom stereocenters. The summed E-state index contributed by atoms with van der Waals surface area (Å²) < 4.78 is 62.6. The van der Waals surface area contributed by atoms with Crippen LogP contribution in [-0.4, -0.2) is 6.61 Å². The van der Waals surface area contributed by atoms with Gasteiger partial charge in [0, 0.05) is 0 Å². The highest BCUT2D eigenvalue weighted by molar-refractivity contribution is 5.33. The van der Waals surface area contributed by atoms with Crippen LogP contribution in [0, 0.1) is 35.1 Å². The highest BCUT2D eigenvalue weighted by Gasteiger charge is 2.18. The molecule has 1 aliphatic rings. The molecule has 0 amide bonds. The topological polar surface area (TPSA) is 9.23 Å². The SMILES string of the molecule is C/C=C/C1CCC(/C=C/CCc2ccc(CCc3ccc(OCC)c(F)c3F)c(F)c2F)CC1. The molecular weight excluding hydrogens is 440 g/mol. The molecule has 0 bridgehead atoms. The van der Waals surface area contributed by atoms with E-state index in [1.165, 1.54) is 37.8 Å². The van der Waals surface area contributed by atoms with E-state index in [0.29, 0.717) is 30.2 Å². The first kappa shape index (κ1) is 26.1. The molecule has 0 saturated heterocycles. The largest absolute Gasteiger partial charge is 0.491 e. The van der Waals surface area contributed by atoms with Gasteiger partial charge in [0.25, 0.3) is 0 Å². The van der Waals surface area contributed by atoms with Crippen LogP contribution in [0.15, 0.2) is 48.6 Å². The van der Waals surface area contributed by atoms with Crippen LogP contribution in [0.25, 0.3) is 0 Å². The van der Waals surface area contributed by atoms with E-state index in [2.05, 4.69) is 31.2 Å². The molecule has 5 heteroatoms. The number of allylic oxidation sites excluding steroid dienone is 4. The molecule has 0 atom stereocenters. The monoisotopic (exact) mass is 474 g/mol. The maximum Gasteiger partial charge on any atom is 0.200 e. The molecule has 2 aromatic rings. The number of benzene rings is 2. The van der Waals surface area contributed by atoms with Crippen LogP contribution in [0.5, 0.6) is 5.75 Å². The molecule has 1 fully saturated rings. The van der Waals surface area contributed by atoms with E-state index < -0.39 is 23.3 Å². The smallest absolute Gasteiger partial charge is 0.200 e. The van der Waals surface area contributed by atoms with Gasteiger partial charge in [0.15, 0.2) is 23.2 Å². The molecular formula is C29H34F4O. The number of hydrogen-bond acceptors (Lipinski definition) is 1. The molecule has 1 nitrogen and oxygen atoms in total. The molecule has 3 rings (SSSR count). The minimum atomic E-state index is -1.06. The van der Waals surface area contributed by atoms with Crippen molar-refractivity contribution in [2.75, 3.05) is 6.61 Å². The lowest BCUT2D eigenvalue weighted by molar-refractivity contribution is 0.313. The molecule has 1 aliphatic carbocycles. The molecule has 184 valence electrons. The molecule has 0 heterocycles. The normalized spacial score (nSPS) is 18.8. The molecule has 0 spiro atoms. The third-order valence-corrected chi connectivity index (χ3v) is 6.60. The predicted octanol–water partition coefficient (Wildman–Crippen LogP) is 8.30. The zero-order valence-electron chi connectivity index (χ0n) is 20.1. The molecule has 2 aromatic carbocycles. The summed E-state index contributed by atoms with van der Waals surface area (Å²) in [6.45, 7) is 3.96. The zero-order chi connectivity index (χ0) is 24.5. The molecule has 0 radical (unpaired) electrons. The summed E-state index contributed by atoms with van der Waals surface area (Å²) in [6.07, 6.45) is 14.7. The minimum Gasteiger partial charge on any atom is -0.491 e. The zero-order valence-corrected chi connectivity index (χ0v) is 20.1. The lowest BCUT2D eigenvalue weighted by atomic mass is 9.81. The maximum absolute atomic E-state index is 14.6. The second-order valence-electron chi connectivity index (χ2n) is 8.96. The fraction of sp³-hybridized carbons (Fsp3) is 0.448. The quantitative estimate of drug-likeness (QED) is 0.249. The van der Waals surface area contributed by atoms with Crippen molar-refractivity contribution in [2.24, 2.45) is 11.8 Å². The van der Waals surface area contributed by atoms with Gasteiger partial charge in [-0.1, -0.05) is 42.5 Å². The Morgan fingerprint density at radius 3 is 1.79 bits per heavy atom. The molecule has 0 N–H and O–H groups in total. The van der Waals surface area contributed by atoms with E-state index in [-0.39, 0.29) is 36.3 Å². The Morgan fingerprint density at radius 2 is 1.24 bits per heavy atom. The highest BCUT2D eigenvalue weighted by atomic mass is 19.2. The van der Waals surface area contributed by atoms with Crippen LogP contribution in [0.1, 0.15) is 62.6 Å². The molecule has 0 aliphatic heterocycles. The van der Waals surface area contributed by atoms with Crippen molar-refractivity contribution in [3.63, 3.8) is 0 Å². The van der Waals surface area contributed by atoms with E-state index in [4.69, 9.17) is 4.74 Å². The van der Waals surface area contributed by atoms with Crippen LogP contribution < -0.4 is 4.74 Å². The van der Waals surface area contributed by atoms with Crippen LogP contribution in [-0.2, 0) is 19.3 Å². The summed E-state index contributed by atoms with van der Waals surface area (Å²) in [4.78, 5) is 0. The third-order valence-electron chi connectivity index (χ3n) is 6.60. The van der Waals surface area contributed by atoms with Gasteiger partial charge in [-0.15, -0.1) is 0 Å². The van der Waals surface area contributed by atoms with Crippen LogP contribution in [0.2, 0.25) is 0 Å². The second-order valence-corrected chi connectivity index (χ2v) is 8.96. The van der Waals surface area contributed by atoms with Gasteiger partial charge in [0.05, 0.1) is 6.61 Å². The Morgan fingerprint density at radius 1 is 0.735 bits per heavy atom. The lowest BCUT2D eigenvalue weighted by Gasteiger charge is -2.24. The Kier molecular flexibility index (Phi) is 9.79. The van der Waals surface area contributed by atoms with Crippen LogP contribution in [0.4, 0.5) is 17.6 Å². The van der Waals surface area contributed by atoms with Crippen LogP contribution >= 0.6 is 0 Å². The summed E-state index contributed by atoms with van der Waals surface area (Å²) in [5, 5.41) is 0. The number of ether oxygens (including phenoxy) is 1. The summed E-state index contributed by atoms with van der Waals surface area (Å²) in [5.41, 5.74) is 0.596. The van der Waals surface area contributed by atoms with Crippen molar-refractivity contribution >= 4 is 0 Å². The van der Waals surface area contributed by atoms with E-state index in [1.54, 1.807) is 19.1 Å². The standard InChI is InChI=1S/C29H34F4O/c1-3-7-20-10-12-21(13-11-20)8-5-6-9-22-14-15-23(27(31)26(22)30)16-17-24-18-19-25(34-4-2)29(33)28(24)32/h3,5,7-8,14-15,18-21H,4,6,9-13,16-17H2,1-2H3/b7-3+,8-5+. The summed E-state index contributed by atoms with van der Waals surface area (Å²) in [5.74, 6) is -2.72. The van der Waals surface area contributed by atoms with Crippen molar-refractivity contribution in [3.8, 4) is 5.75 Å². The van der Waals surface area contributed by atoms with E-state index in [1.807, 2.05) is 0 Å². The average Bonchev–Trinajstić information content (AvgIpc) is 2.84. The van der Waals surface area contributed by atoms with Gasteiger partial charge in [0.1, 0.15) is 0 Å². The van der Waals surface area contributed by atoms with Gasteiger partial charge in [-0.2, -0.15) is 4.39 Å². The number of rotatable bonds is 10. The van der Waals surface area contributed by atoms with Gasteiger partial charge in [-0.25, -0.2) is 13.2 Å². The van der Waals surface area contributed by atoms with Gasteiger partial charge in [-0.05, 0) is 99.8 Å². The van der Waals surface area contributed by atoms with E-state index in [0.717, 1.165) is 0 Å². The Hall–Kier alpha value is -2.56. The summed E-state index contributed by atoms with van der Waals surface area (Å²) >= 11 is 0. The first-order valence-corrected chi connectivity index (χ1v) is 12.3. The van der Waals surface area contributed by atoms with Crippen molar-refractivity contribution in [3.05, 3.63) is 88.5 Å².